The molecule has 0 spiro atoms. The Labute approximate surface area is 193 Å². The first-order valence-electron chi connectivity index (χ1n) is 10.7. The summed E-state index contributed by atoms with van der Waals surface area (Å²) in [5, 5.41) is 11.5. The summed E-state index contributed by atoms with van der Waals surface area (Å²) >= 11 is 0. The molecule has 0 bridgehead atoms. The van der Waals surface area contributed by atoms with E-state index in [2.05, 4.69) is 20.8 Å². The maximum absolute atomic E-state index is 13.3. The smallest absolute Gasteiger partial charge is 0.300 e. The summed E-state index contributed by atoms with van der Waals surface area (Å²) in [5.41, 5.74) is 2.55. The number of nitrogens with zero attached hydrogens (tertiary/aromatic N) is 1. The number of carbonyl (C=O) groups is 2. The van der Waals surface area contributed by atoms with Crippen LogP contribution in [0.4, 0.5) is 5.69 Å². The fraction of sp³-hybridized carbons (Fsp3) is 0.259. The molecular formula is C27H27NO5. The average molecular weight is 446 g/mol. The van der Waals surface area contributed by atoms with Gasteiger partial charge in [-0.1, -0.05) is 39.0 Å². The summed E-state index contributed by atoms with van der Waals surface area (Å²) in [6.07, 6.45) is 1.48. The third kappa shape index (κ3) is 3.93. The summed E-state index contributed by atoms with van der Waals surface area (Å²) < 4.78 is 11.1. The van der Waals surface area contributed by atoms with Crippen LogP contribution in [-0.4, -0.2) is 23.9 Å². The van der Waals surface area contributed by atoms with E-state index in [0.29, 0.717) is 22.8 Å². The number of amides is 1. The van der Waals surface area contributed by atoms with Gasteiger partial charge in [0.2, 0.25) is 0 Å². The molecule has 1 atom stereocenters. The van der Waals surface area contributed by atoms with Crippen LogP contribution in [0.15, 0.2) is 70.9 Å². The number of ketones is 1. The fourth-order valence-corrected chi connectivity index (χ4v) is 4.10. The van der Waals surface area contributed by atoms with Gasteiger partial charge < -0.3 is 14.3 Å². The normalized spacial score (nSPS) is 18.1. The Morgan fingerprint density at radius 1 is 1.06 bits per heavy atom. The van der Waals surface area contributed by atoms with Gasteiger partial charge in [-0.05, 0) is 59.9 Å². The highest BCUT2D eigenvalue weighted by Gasteiger charge is 2.48. The van der Waals surface area contributed by atoms with Crippen LogP contribution in [0.2, 0.25) is 0 Å². The van der Waals surface area contributed by atoms with Gasteiger partial charge in [-0.25, -0.2) is 0 Å². The number of Topliss-reactive ketones (excluding diaryl/α,β-unsaturated/α-hetero) is 1. The molecule has 1 N–H and O–H groups in total. The molecule has 6 nitrogen and oxygen atoms in total. The summed E-state index contributed by atoms with van der Waals surface area (Å²) in [6.45, 7) is 8.07. The topological polar surface area (TPSA) is 80.0 Å². The zero-order valence-electron chi connectivity index (χ0n) is 19.4. The SMILES string of the molecule is COc1ccc(C(C)(C)C)cc1/C(O)=C1\C(=O)C(=O)N(c2cccc(C)c2)C1c1ccco1. The summed E-state index contributed by atoms with van der Waals surface area (Å²) in [6, 6.07) is 15.2. The van der Waals surface area contributed by atoms with Crippen LogP contribution in [0, 0.1) is 6.92 Å². The number of furan rings is 1. The van der Waals surface area contributed by atoms with Crippen molar-refractivity contribution < 1.29 is 23.8 Å². The van der Waals surface area contributed by atoms with E-state index in [4.69, 9.17) is 9.15 Å². The van der Waals surface area contributed by atoms with E-state index in [1.807, 2.05) is 31.2 Å². The maximum atomic E-state index is 13.3. The van der Waals surface area contributed by atoms with Crippen molar-refractivity contribution in [3.05, 3.63) is 88.9 Å². The minimum atomic E-state index is -0.912. The van der Waals surface area contributed by atoms with Crippen LogP contribution in [0.5, 0.6) is 5.75 Å². The molecule has 3 aromatic rings. The second-order valence-electron chi connectivity index (χ2n) is 9.19. The van der Waals surface area contributed by atoms with Crippen LogP contribution in [0.3, 0.4) is 0 Å². The number of rotatable bonds is 4. The molecule has 1 unspecified atom stereocenters. The Balaban J connectivity index is 1.97. The van der Waals surface area contributed by atoms with Gasteiger partial charge in [-0.2, -0.15) is 0 Å². The largest absolute Gasteiger partial charge is 0.507 e. The second kappa shape index (κ2) is 8.28. The number of aliphatic hydroxyl groups is 1. The van der Waals surface area contributed by atoms with E-state index in [1.54, 1.807) is 30.3 Å². The number of benzene rings is 2. The molecule has 33 heavy (non-hydrogen) atoms. The molecular weight excluding hydrogens is 418 g/mol. The third-order valence-corrected chi connectivity index (χ3v) is 5.86. The number of aliphatic hydroxyl groups excluding tert-OH is 1. The standard InChI is InChI=1S/C27H27NO5/c1-16-8-6-9-18(14-16)28-23(21-10-7-13-33-21)22(25(30)26(28)31)24(29)19-15-17(27(2,3)4)11-12-20(19)32-5/h6-15,23,29H,1-5H3/b24-22+. The van der Waals surface area contributed by atoms with Crippen LogP contribution >= 0.6 is 0 Å². The van der Waals surface area contributed by atoms with Gasteiger partial charge in [0.15, 0.2) is 0 Å². The average Bonchev–Trinajstić information content (AvgIpc) is 3.39. The number of anilines is 1. The first kappa shape index (κ1) is 22.4. The summed E-state index contributed by atoms with van der Waals surface area (Å²) in [5.74, 6) is -1.02. The van der Waals surface area contributed by atoms with Gasteiger partial charge >= 0.3 is 0 Å². The van der Waals surface area contributed by atoms with Gasteiger partial charge in [-0.3, -0.25) is 14.5 Å². The molecule has 4 rings (SSSR count). The van der Waals surface area contributed by atoms with Crippen molar-refractivity contribution >= 4 is 23.1 Å². The summed E-state index contributed by atoms with van der Waals surface area (Å²) in [7, 11) is 1.50. The van der Waals surface area contributed by atoms with Gasteiger partial charge in [0.25, 0.3) is 11.7 Å². The highest BCUT2D eigenvalue weighted by Crippen LogP contribution is 2.44. The number of carbonyl (C=O) groups excluding carboxylic acids is 2. The molecule has 1 aliphatic heterocycles. The number of methoxy groups -OCH3 is 1. The van der Waals surface area contributed by atoms with E-state index >= 15 is 0 Å². The molecule has 1 aromatic heterocycles. The number of ether oxygens (including phenoxy) is 1. The lowest BCUT2D eigenvalue weighted by atomic mass is 9.85. The van der Waals surface area contributed by atoms with E-state index in [1.165, 1.54) is 18.3 Å². The zero-order chi connectivity index (χ0) is 23.9. The van der Waals surface area contributed by atoms with Crippen molar-refractivity contribution in [2.75, 3.05) is 12.0 Å². The molecule has 0 saturated carbocycles. The molecule has 1 aliphatic rings. The first-order chi connectivity index (χ1) is 15.6. The lowest BCUT2D eigenvalue weighted by Crippen LogP contribution is -2.29. The highest BCUT2D eigenvalue weighted by molar-refractivity contribution is 6.51. The van der Waals surface area contributed by atoms with Gasteiger partial charge in [0.1, 0.15) is 23.3 Å². The van der Waals surface area contributed by atoms with Crippen molar-refractivity contribution in [3.8, 4) is 5.75 Å². The molecule has 1 amide bonds. The Morgan fingerprint density at radius 3 is 2.42 bits per heavy atom. The van der Waals surface area contributed by atoms with Crippen molar-refractivity contribution in [1.82, 2.24) is 0 Å². The van der Waals surface area contributed by atoms with E-state index in [-0.39, 0.29) is 16.7 Å². The van der Waals surface area contributed by atoms with Crippen LogP contribution in [0.25, 0.3) is 5.76 Å². The van der Waals surface area contributed by atoms with Crippen molar-refractivity contribution in [2.45, 2.75) is 39.2 Å². The molecule has 2 aromatic carbocycles. The fourth-order valence-electron chi connectivity index (χ4n) is 4.10. The zero-order valence-corrected chi connectivity index (χ0v) is 19.4. The quantitative estimate of drug-likeness (QED) is 0.325. The van der Waals surface area contributed by atoms with Crippen LogP contribution in [-0.2, 0) is 15.0 Å². The Hall–Kier alpha value is -3.80. The van der Waals surface area contributed by atoms with E-state index < -0.39 is 17.7 Å². The van der Waals surface area contributed by atoms with Crippen LogP contribution in [0.1, 0.15) is 49.3 Å². The predicted molar refractivity (Wildman–Crippen MR) is 126 cm³/mol. The second-order valence-corrected chi connectivity index (χ2v) is 9.19. The lowest BCUT2D eigenvalue weighted by molar-refractivity contribution is -0.132. The minimum absolute atomic E-state index is 0.0409. The molecule has 0 radical (unpaired) electrons. The molecule has 0 aliphatic carbocycles. The van der Waals surface area contributed by atoms with E-state index in [9.17, 15) is 14.7 Å². The number of aryl methyl sites for hydroxylation is 1. The summed E-state index contributed by atoms with van der Waals surface area (Å²) in [4.78, 5) is 27.9. The van der Waals surface area contributed by atoms with Crippen molar-refractivity contribution in [3.63, 3.8) is 0 Å². The minimum Gasteiger partial charge on any atom is -0.507 e. The van der Waals surface area contributed by atoms with Gasteiger partial charge in [-0.15, -0.1) is 0 Å². The third-order valence-electron chi connectivity index (χ3n) is 5.86. The first-order valence-corrected chi connectivity index (χ1v) is 10.7. The van der Waals surface area contributed by atoms with Gasteiger partial charge in [0.05, 0.1) is 24.5 Å². The molecule has 1 saturated heterocycles. The molecule has 1 fully saturated rings. The Bertz CT molecular complexity index is 1250. The highest BCUT2D eigenvalue weighted by atomic mass is 16.5. The number of hydrogen-bond donors (Lipinski definition) is 1. The van der Waals surface area contributed by atoms with Gasteiger partial charge in [0, 0.05) is 5.69 Å². The molecule has 2 heterocycles. The number of hydrogen-bond acceptors (Lipinski definition) is 5. The van der Waals surface area contributed by atoms with Crippen molar-refractivity contribution in [2.24, 2.45) is 0 Å². The Morgan fingerprint density at radius 2 is 1.82 bits per heavy atom. The maximum Gasteiger partial charge on any atom is 0.300 e. The predicted octanol–water partition coefficient (Wildman–Crippen LogP) is 5.52. The van der Waals surface area contributed by atoms with Crippen LogP contribution < -0.4 is 9.64 Å². The molecule has 170 valence electrons. The Kier molecular flexibility index (Phi) is 5.62. The van der Waals surface area contributed by atoms with Crippen molar-refractivity contribution in [1.29, 1.82) is 0 Å². The lowest BCUT2D eigenvalue weighted by Gasteiger charge is -2.24. The monoisotopic (exact) mass is 445 g/mol. The van der Waals surface area contributed by atoms with E-state index in [0.717, 1.165) is 11.1 Å². The molecule has 6 heteroatoms.